The van der Waals surface area contributed by atoms with Gasteiger partial charge in [-0.2, -0.15) is 0 Å². The maximum absolute atomic E-state index is 13.7. The SMILES string of the molecule is CC1=C[C@H]2[C@@]3(O)[C@H](C)CC(=O)C(=C(C)C)[C@@H]3C=C(COC(c3ccccc3)(c3ccccc3)c3ccccc3)C[C@]2(O)C1=O. The summed E-state index contributed by atoms with van der Waals surface area (Å²) in [4.78, 5) is 27.1. The van der Waals surface area contributed by atoms with Gasteiger partial charge in [0.15, 0.2) is 11.6 Å². The number of allylic oxidation sites excluding steroid dienone is 1. The lowest BCUT2D eigenvalue weighted by Crippen LogP contribution is -2.60. The van der Waals surface area contributed by atoms with Crippen LogP contribution >= 0.6 is 0 Å². The van der Waals surface area contributed by atoms with E-state index >= 15 is 0 Å². The fourth-order valence-corrected chi connectivity index (χ4v) is 7.93. The largest absolute Gasteiger partial charge is 0.388 e. The third kappa shape index (κ3) is 4.57. The summed E-state index contributed by atoms with van der Waals surface area (Å²) in [5, 5.41) is 24.8. The second-order valence-corrected chi connectivity index (χ2v) is 13.0. The van der Waals surface area contributed by atoms with Gasteiger partial charge in [0.2, 0.25) is 0 Å². The highest BCUT2D eigenvalue weighted by Crippen LogP contribution is 2.56. The topological polar surface area (TPSA) is 83.8 Å². The molecular weight excluding hydrogens is 548 g/mol. The molecule has 0 aliphatic heterocycles. The Labute approximate surface area is 259 Å². The summed E-state index contributed by atoms with van der Waals surface area (Å²) in [6.45, 7) is 7.37. The molecule has 0 saturated heterocycles. The molecular formula is C39H40O5. The molecule has 2 N–H and O–H groups in total. The van der Waals surface area contributed by atoms with Crippen LogP contribution in [0, 0.1) is 17.8 Å². The minimum absolute atomic E-state index is 0.00541. The van der Waals surface area contributed by atoms with Crippen LogP contribution in [0.4, 0.5) is 0 Å². The number of ether oxygens (including phenoxy) is 1. The average Bonchev–Trinajstić information content (AvgIpc) is 3.19. The molecule has 3 aliphatic rings. The Bertz CT molecular complexity index is 1570. The third-order valence-corrected chi connectivity index (χ3v) is 10.0. The first-order valence-electron chi connectivity index (χ1n) is 15.4. The quantitative estimate of drug-likeness (QED) is 0.195. The van der Waals surface area contributed by atoms with Crippen molar-refractivity contribution in [2.45, 2.75) is 57.3 Å². The van der Waals surface area contributed by atoms with Gasteiger partial charge in [-0.25, -0.2) is 0 Å². The van der Waals surface area contributed by atoms with Crippen molar-refractivity contribution in [2.24, 2.45) is 17.8 Å². The van der Waals surface area contributed by atoms with E-state index in [1.165, 1.54) is 0 Å². The molecule has 0 aromatic heterocycles. The highest BCUT2D eigenvalue weighted by atomic mass is 16.5. The van der Waals surface area contributed by atoms with Crippen molar-refractivity contribution in [3.63, 3.8) is 0 Å². The van der Waals surface area contributed by atoms with Crippen LogP contribution in [0.25, 0.3) is 0 Å². The number of benzene rings is 3. The van der Waals surface area contributed by atoms with Crippen LogP contribution in [0.15, 0.2) is 125 Å². The smallest absolute Gasteiger partial charge is 0.190 e. The molecule has 44 heavy (non-hydrogen) atoms. The van der Waals surface area contributed by atoms with Gasteiger partial charge in [-0.15, -0.1) is 0 Å². The van der Waals surface area contributed by atoms with E-state index in [0.29, 0.717) is 16.7 Å². The normalized spacial score (nSPS) is 28.5. The lowest BCUT2D eigenvalue weighted by Gasteiger charge is -2.49. The van der Waals surface area contributed by atoms with E-state index in [9.17, 15) is 19.8 Å². The Hall–Kier alpha value is -3.90. The number of hydrogen-bond acceptors (Lipinski definition) is 5. The Balaban J connectivity index is 1.53. The summed E-state index contributed by atoms with van der Waals surface area (Å²) >= 11 is 0. The molecule has 3 aromatic carbocycles. The molecule has 0 spiro atoms. The number of hydrogen-bond donors (Lipinski definition) is 2. The zero-order valence-electron chi connectivity index (χ0n) is 25.8. The number of ketones is 2. The number of rotatable bonds is 6. The number of carbonyl (C=O) groups is 2. The van der Waals surface area contributed by atoms with Crippen LogP contribution in [0.1, 0.15) is 57.2 Å². The van der Waals surface area contributed by atoms with Crippen LogP contribution in [0.3, 0.4) is 0 Å². The van der Waals surface area contributed by atoms with Gasteiger partial charge in [-0.3, -0.25) is 9.59 Å². The van der Waals surface area contributed by atoms with Crippen molar-refractivity contribution in [3.8, 4) is 0 Å². The minimum Gasteiger partial charge on any atom is -0.388 e. The van der Waals surface area contributed by atoms with Gasteiger partial charge in [-0.1, -0.05) is 116 Å². The Morgan fingerprint density at radius 2 is 1.34 bits per heavy atom. The van der Waals surface area contributed by atoms with Crippen LogP contribution in [0.2, 0.25) is 0 Å². The summed E-state index contributed by atoms with van der Waals surface area (Å²) in [6.07, 6.45) is 3.78. The Kier molecular flexibility index (Phi) is 7.69. The summed E-state index contributed by atoms with van der Waals surface area (Å²) in [7, 11) is 0. The highest BCUT2D eigenvalue weighted by Gasteiger charge is 2.64. The maximum Gasteiger partial charge on any atom is 0.190 e. The lowest BCUT2D eigenvalue weighted by atomic mass is 9.58. The first kappa shape index (κ1) is 30.1. The van der Waals surface area contributed by atoms with E-state index in [4.69, 9.17) is 4.74 Å². The third-order valence-electron chi connectivity index (χ3n) is 10.0. The summed E-state index contributed by atoms with van der Waals surface area (Å²) < 4.78 is 7.11. The molecule has 1 saturated carbocycles. The van der Waals surface area contributed by atoms with Gasteiger partial charge in [0.1, 0.15) is 11.2 Å². The highest BCUT2D eigenvalue weighted by molar-refractivity contribution is 6.05. The van der Waals surface area contributed by atoms with Gasteiger partial charge in [0.25, 0.3) is 0 Å². The number of fused-ring (bicyclic) bond motifs is 3. The van der Waals surface area contributed by atoms with Crippen LogP contribution in [0.5, 0.6) is 0 Å². The first-order valence-corrected chi connectivity index (χ1v) is 15.4. The van der Waals surface area contributed by atoms with Crippen molar-refractivity contribution in [1.82, 2.24) is 0 Å². The predicted molar refractivity (Wildman–Crippen MR) is 171 cm³/mol. The van der Waals surface area contributed by atoms with E-state index in [1.54, 1.807) is 13.0 Å². The maximum atomic E-state index is 13.7. The predicted octanol–water partition coefficient (Wildman–Crippen LogP) is 6.49. The molecule has 0 unspecified atom stereocenters. The van der Waals surface area contributed by atoms with Crippen LogP contribution in [-0.4, -0.2) is 39.6 Å². The fraction of sp³-hybridized carbons (Fsp3) is 0.333. The monoisotopic (exact) mass is 588 g/mol. The van der Waals surface area contributed by atoms with Crippen molar-refractivity contribution < 1.29 is 24.5 Å². The summed E-state index contributed by atoms with van der Waals surface area (Å²) in [5.74, 6) is -2.42. The second kappa shape index (κ2) is 11.2. The van der Waals surface area contributed by atoms with Crippen LogP contribution in [-0.2, 0) is 19.9 Å². The zero-order chi connectivity index (χ0) is 31.3. The minimum atomic E-state index is -1.85. The van der Waals surface area contributed by atoms with Crippen molar-refractivity contribution in [1.29, 1.82) is 0 Å². The van der Waals surface area contributed by atoms with E-state index in [2.05, 4.69) is 0 Å². The van der Waals surface area contributed by atoms with Gasteiger partial charge >= 0.3 is 0 Å². The van der Waals surface area contributed by atoms with Gasteiger partial charge in [0.05, 0.1) is 12.2 Å². The molecule has 0 radical (unpaired) electrons. The first-order chi connectivity index (χ1) is 21.0. The van der Waals surface area contributed by atoms with E-state index < -0.39 is 34.6 Å². The van der Waals surface area contributed by atoms with Gasteiger partial charge in [0, 0.05) is 30.3 Å². The summed E-state index contributed by atoms with van der Waals surface area (Å²) in [6, 6.07) is 30.1. The second-order valence-electron chi connectivity index (χ2n) is 13.0. The molecule has 0 amide bonds. The molecule has 5 heteroatoms. The Morgan fingerprint density at radius 1 is 0.841 bits per heavy atom. The molecule has 5 atom stereocenters. The van der Waals surface area contributed by atoms with E-state index in [-0.39, 0.29) is 31.0 Å². The number of aliphatic hydroxyl groups is 2. The van der Waals surface area contributed by atoms with E-state index in [1.807, 2.05) is 118 Å². The number of carbonyl (C=O) groups excluding carboxylic acids is 2. The summed E-state index contributed by atoms with van der Waals surface area (Å²) in [5.41, 5.74) is 0.881. The molecule has 1 fully saturated rings. The van der Waals surface area contributed by atoms with E-state index in [0.717, 1.165) is 22.3 Å². The van der Waals surface area contributed by atoms with Crippen molar-refractivity contribution >= 4 is 11.6 Å². The molecule has 6 rings (SSSR count). The lowest BCUT2D eigenvalue weighted by molar-refractivity contribution is -0.164. The molecule has 3 aliphatic carbocycles. The zero-order valence-corrected chi connectivity index (χ0v) is 25.8. The van der Waals surface area contributed by atoms with Gasteiger partial charge in [-0.05, 0) is 54.5 Å². The molecule has 226 valence electrons. The number of Topliss-reactive ketones (excluding diaryl/α,β-unsaturated/α-hetero) is 2. The molecule has 0 heterocycles. The van der Waals surface area contributed by atoms with Crippen molar-refractivity contribution in [2.75, 3.05) is 6.61 Å². The van der Waals surface area contributed by atoms with Gasteiger partial charge < -0.3 is 14.9 Å². The van der Waals surface area contributed by atoms with Crippen LogP contribution < -0.4 is 0 Å². The fourth-order valence-electron chi connectivity index (χ4n) is 7.93. The molecule has 5 nitrogen and oxygen atoms in total. The molecule has 0 bridgehead atoms. The van der Waals surface area contributed by atoms with Crippen molar-refractivity contribution in [3.05, 3.63) is 142 Å². The molecule has 3 aromatic rings. The average molecular weight is 589 g/mol. The Morgan fingerprint density at radius 3 is 1.82 bits per heavy atom. The standard InChI is InChI=1S/C39H40O5/c1-25(2)35-32-22-28(23-37(42)34(20-26(3)36(37)41)38(32,43)27(4)21-33(35)40)24-44-39(29-14-8-5-9-15-29,30-16-10-6-11-17-30)31-18-12-7-13-19-31/h5-20,22,27,32,34,42-43H,21,23-24H2,1-4H3/t27-,32+,34-,37-,38-/m1/s1.